The number of halogens is 2. The second kappa shape index (κ2) is 10.7. The molecule has 0 aromatic heterocycles. The van der Waals surface area contributed by atoms with Crippen LogP contribution < -0.4 is 15.5 Å². The van der Waals surface area contributed by atoms with E-state index in [0.717, 1.165) is 44.7 Å². The summed E-state index contributed by atoms with van der Waals surface area (Å²) in [6.45, 7) is 4.01. The standard InChI is InChI=1S/C22H27N3O.2ClH/c26-22(10-9-17-11-13-23-15-17)24-20-7-3-1-6-19(20)16-25-14-12-18-5-2-4-8-21(18)25;;/h1-8,17,23H,9-16H2,(H,24,26);2*1H. The SMILES string of the molecule is Cl.Cl.O=C(CCC1CCNC1)Nc1ccccc1CN1CCc2ccccc21. The van der Waals surface area contributed by atoms with Crippen molar-refractivity contribution in [1.29, 1.82) is 0 Å². The molecule has 2 aliphatic rings. The summed E-state index contributed by atoms with van der Waals surface area (Å²) in [6.07, 6.45) is 3.87. The van der Waals surface area contributed by atoms with Gasteiger partial charge in [0.2, 0.25) is 5.91 Å². The zero-order valence-corrected chi connectivity index (χ0v) is 17.7. The number of para-hydroxylation sites is 2. The van der Waals surface area contributed by atoms with Gasteiger partial charge in [0.25, 0.3) is 0 Å². The van der Waals surface area contributed by atoms with Crippen LogP contribution in [0.1, 0.15) is 30.4 Å². The maximum absolute atomic E-state index is 12.4. The summed E-state index contributed by atoms with van der Waals surface area (Å²) in [5.74, 6) is 0.781. The number of hydrogen-bond acceptors (Lipinski definition) is 3. The van der Waals surface area contributed by atoms with E-state index in [1.165, 1.54) is 23.2 Å². The summed E-state index contributed by atoms with van der Waals surface area (Å²) < 4.78 is 0. The van der Waals surface area contributed by atoms with Gasteiger partial charge in [0, 0.05) is 30.9 Å². The van der Waals surface area contributed by atoms with Crippen molar-refractivity contribution in [3.05, 3.63) is 59.7 Å². The van der Waals surface area contributed by atoms with Gasteiger partial charge in [0.15, 0.2) is 0 Å². The van der Waals surface area contributed by atoms with Crippen LogP contribution in [-0.4, -0.2) is 25.5 Å². The molecule has 0 bridgehead atoms. The summed E-state index contributed by atoms with van der Waals surface area (Å²) in [5, 5.41) is 6.51. The molecule has 152 valence electrons. The topological polar surface area (TPSA) is 44.4 Å². The van der Waals surface area contributed by atoms with Gasteiger partial charge in [0.1, 0.15) is 0 Å². The van der Waals surface area contributed by atoms with Crippen LogP contribution in [0, 0.1) is 5.92 Å². The third-order valence-electron chi connectivity index (χ3n) is 5.58. The Kier molecular flexibility index (Phi) is 8.61. The third-order valence-corrected chi connectivity index (χ3v) is 5.58. The quantitative estimate of drug-likeness (QED) is 0.725. The predicted molar refractivity (Wildman–Crippen MR) is 121 cm³/mol. The van der Waals surface area contributed by atoms with Crippen molar-refractivity contribution in [2.45, 2.75) is 32.2 Å². The normalized spacial score (nSPS) is 17.4. The highest BCUT2D eigenvalue weighted by atomic mass is 35.5. The first-order chi connectivity index (χ1) is 12.8. The second-order valence-electron chi connectivity index (χ2n) is 7.40. The van der Waals surface area contributed by atoms with Crippen molar-refractivity contribution < 1.29 is 4.79 Å². The van der Waals surface area contributed by atoms with E-state index in [4.69, 9.17) is 0 Å². The number of hydrogen-bond donors (Lipinski definition) is 2. The van der Waals surface area contributed by atoms with Crippen LogP contribution >= 0.6 is 24.8 Å². The lowest BCUT2D eigenvalue weighted by atomic mass is 10.0. The highest BCUT2D eigenvalue weighted by molar-refractivity contribution is 5.91. The number of nitrogens with one attached hydrogen (secondary N) is 2. The van der Waals surface area contributed by atoms with Crippen LogP contribution in [0.25, 0.3) is 0 Å². The molecule has 0 aliphatic carbocycles. The molecule has 0 radical (unpaired) electrons. The number of fused-ring (bicyclic) bond motifs is 1. The lowest BCUT2D eigenvalue weighted by Gasteiger charge is -2.21. The van der Waals surface area contributed by atoms with E-state index in [2.05, 4.69) is 51.9 Å². The molecule has 4 rings (SSSR count). The largest absolute Gasteiger partial charge is 0.367 e. The molecular formula is C22H29Cl2N3O. The van der Waals surface area contributed by atoms with E-state index in [1.54, 1.807) is 0 Å². The molecule has 28 heavy (non-hydrogen) atoms. The summed E-state index contributed by atoms with van der Waals surface area (Å²) in [4.78, 5) is 14.8. The first kappa shape index (κ1) is 22.5. The highest BCUT2D eigenvalue weighted by Crippen LogP contribution is 2.30. The molecule has 0 saturated carbocycles. The molecule has 2 aromatic carbocycles. The van der Waals surface area contributed by atoms with E-state index in [9.17, 15) is 4.79 Å². The van der Waals surface area contributed by atoms with Crippen LogP contribution in [0.15, 0.2) is 48.5 Å². The van der Waals surface area contributed by atoms with Gasteiger partial charge in [-0.05, 0) is 61.5 Å². The molecule has 6 heteroatoms. The molecule has 2 aromatic rings. The molecule has 1 unspecified atom stereocenters. The molecule has 1 fully saturated rings. The lowest BCUT2D eigenvalue weighted by molar-refractivity contribution is -0.116. The average Bonchev–Trinajstić information content (AvgIpc) is 3.32. The fourth-order valence-electron chi connectivity index (χ4n) is 4.07. The van der Waals surface area contributed by atoms with Crippen LogP contribution in [0.5, 0.6) is 0 Å². The number of anilines is 2. The molecule has 1 amide bonds. The van der Waals surface area contributed by atoms with Crippen LogP contribution in [0.3, 0.4) is 0 Å². The third kappa shape index (κ3) is 5.40. The fraction of sp³-hybridized carbons (Fsp3) is 0.409. The number of carbonyl (C=O) groups excluding carboxylic acids is 1. The van der Waals surface area contributed by atoms with Crippen molar-refractivity contribution in [1.82, 2.24) is 5.32 Å². The Morgan fingerprint density at radius 3 is 2.71 bits per heavy atom. The van der Waals surface area contributed by atoms with Gasteiger partial charge in [-0.25, -0.2) is 0 Å². The van der Waals surface area contributed by atoms with Crippen molar-refractivity contribution >= 4 is 42.1 Å². The summed E-state index contributed by atoms with van der Waals surface area (Å²) in [5.41, 5.74) is 4.87. The number of benzene rings is 2. The van der Waals surface area contributed by atoms with Crippen LogP contribution in [-0.2, 0) is 17.8 Å². The zero-order chi connectivity index (χ0) is 17.8. The maximum atomic E-state index is 12.4. The minimum absolute atomic E-state index is 0. The number of amides is 1. The van der Waals surface area contributed by atoms with E-state index in [1.807, 2.05) is 12.1 Å². The van der Waals surface area contributed by atoms with Gasteiger partial charge in [-0.1, -0.05) is 36.4 Å². The van der Waals surface area contributed by atoms with Gasteiger partial charge in [-0.3, -0.25) is 4.79 Å². The fourth-order valence-corrected chi connectivity index (χ4v) is 4.07. The molecule has 2 heterocycles. The van der Waals surface area contributed by atoms with Gasteiger partial charge in [-0.15, -0.1) is 24.8 Å². The lowest BCUT2D eigenvalue weighted by Crippen LogP contribution is -2.21. The Morgan fingerprint density at radius 1 is 1.11 bits per heavy atom. The minimum atomic E-state index is 0. The van der Waals surface area contributed by atoms with E-state index < -0.39 is 0 Å². The first-order valence-electron chi connectivity index (χ1n) is 9.71. The molecule has 2 aliphatic heterocycles. The molecule has 4 nitrogen and oxygen atoms in total. The zero-order valence-electron chi connectivity index (χ0n) is 16.0. The van der Waals surface area contributed by atoms with E-state index in [-0.39, 0.29) is 30.7 Å². The Hall–Kier alpha value is -1.75. The van der Waals surface area contributed by atoms with Crippen molar-refractivity contribution in [3.8, 4) is 0 Å². The smallest absolute Gasteiger partial charge is 0.224 e. The van der Waals surface area contributed by atoms with E-state index in [0.29, 0.717) is 12.3 Å². The molecule has 1 atom stereocenters. The molecular weight excluding hydrogens is 393 g/mol. The highest BCUT2D eigenvalue weighted by Gasteiger charge is 2.20. The van der Waals surface area contributed by atoms with Crippen molar-refractivity contribution in [3.63, 3.8) is 0 Å². The number of rotatable bonds is 6. The molecule has 0 spiro atoms. The summed E-state index contributed by atoms with van der Waals surface area (Å²) >= 11 is 0. The summed E-state index contributed by atoms with van der Waals surface area (Å²) in [6, 6.07) is 16.8. The van der Waals surface area contributed by atoms with E-state index >= 15 is 0 Å². The maximum Gasteiger partial charge on any atom is 0.224 e. The molecule has 1 saturated heterocycles. The number of carbonyl (C=O) groups is 1. The molecule has 2 N–H and O–H groups in total. The first-order valence-corrected chi connectivity index (χ1v) is 9.71. The Bertz CT molecular complexity index is 778. The second-order valence-corrected chi connectivity index (χ2v) is 7.40. The van der Waals surface area contributed by atoms with Crippen molar-refractivity contribution in [2.75, 3.05) is 29.9 Å². The monoisotopic (exact) mass is 421 g/mol. The number of nitrogens with zero attached hydrogens (tertiary/aromatic N) is 1. The van der Waals surface area contributed by atoms with Crippen molar-refractivity contribution in [2.24, 2.45) is 5.92 Å². The minimum Gasteiger partial charge on any atom is -0.367 e. The van der Waals surface area contributed by atoms with Gasteiger partial charge in [-0.2, -0.15) is 0 Å². The van der Waals surface area contributed by atoms with Gasteiger partial charge < -0.3 is 15.5 Å². The Morgan fingerprint density at radius 2 is 1.89 bits per heavy atom. The van der Waals surface area contributed by atoms with Gasteiger partial charge >= 0.3 is 0 Å². The average molecular weight is 422 g/mol. The Labute approximate surface area is 179 Å². The van der Waals surface area contributed by atoms with Gasteiger partial charge in [0.05, 0.1) is 0 Å². The Balaban J connectivity index is 0.00000140. The van der Waals surface area contributed by atoms with Crippen LogP contribution in [0.2, 0.25) is 0 Å². The summed E-state index contributed by atoms with van der Waals surface area (Å²) in [7, 11) is 0. The van der Waals surface area contributed by atoms with Crippen LogP contribution in [0.4, 0.5) is 11.4 Å². The predicted octanol–water partition coefficient (Wildman–Crippen LogP) is 4.42.